The summed E-state index contributed by atoms with van der Waals surface area (Å²) in [6.07, 6.45) is -4.61. The zero-order valence-electron chi connectivity index (χ0n) is 19.5. The summed E-state index contributed by atoms with van der Waals surface area (Å²) in [6, 6.07) is 15.9. The fourth-order valence-electron chi connectivity index (χ4n) is 4.20. The van der Waals surface area contributed by atoms with Crippen LogP contribution in [0.4, 0.5) is 30.4 Å². The second kappa shape index (κ2) is 9.87. The molecular formula is C27H22F3N5O2. The molecule has 4 aromatic rings. The van der Waals surface area contributed by atoms with E-state index in [1.165, 1.54) is 12.1 Å². The molecule has 37 heavy (non-hydrogen) atoms. The zero-order chi connectivity index (χ0) is 26.0. The summed E-state index contributed by atoms with van der Waals surface area (Å²) in [5.74, 6) is 5.79. The molecule has 0 saturated carbocycles. The fraction of sp³-hybridized carbons (Fsp3) is 0.185. The summed E-state index contributed by atoms with van der Waals surface area (Å²) < 4.78 is 46.7. The van der Waals surface area contributed by atoms with Crippen LogP contribution in [0.5, 0.6) is 0 Å². The molecule has 3 aromatic carbocycles. The third-order valence-electron chi connectivity index (χ3n) is 6.00. The molecule has 1 aromatic heterocycles. The summed E-state index contributed by atoms with van der Waals surface area (Å²) in [7, 11) is 0. The van der Waals surface area contributed by atoms with Gasteiger partial charge in [0.05, 0.1) is 29.7 Å². The quantitative estimate of drug-likeness (QED) is 0.352. The van der Waals surface area contributed by atoms with Gasteiger partial charge in [-0.1, -0.05) is 24.0 Å². The number of fused-ring (bicyclic) bond motifs is 1. The lowest BCUT2D eigenvalue weighted by atomic mass is 10.1. The predicted molar refractivity (Wildman–Crippen MR) is 135 cm³/mol. The maximum Gasteiger partial charge on any atom is 0.418 e. The van der Waals surface area contributed by atoms with Crippen LogP contribution >= 0.6 is 0 Å². The number of ether oxygens (including phenoxy) is 1. The number of halogens is 3. The number of hydrogen-bond acceptors (Lipinski definition) is 5. The van der Waals surface area contributed by atoms with E-state index in [0.29, 0.717) is 48.9 Å². The topological polar surface area (TPSA) is 96.3 Å². The van der Waals surface area contributed by atoms with Crippen molar-refractivity contribution in [1.82, 2.24) is 10.2 Å². The third kappa shape index (κ3) is 5.22. The fourth-order valence-corrected chi connectivity index (χ4v) is 4.20. The van der Waals surface area contributed by atoms with Crippen LogP contribution in [0.3, 0.4) is 0 Å². The van der Waals surface area contributed by atoms with Crippen molar-refractivity contribution in [1.29, 1.82) is 0 Å². The molecule has 1 saturated heterocycles. The largest absolute Gasteiger partial charge is 0.418 e. The number of aromatic amines is 1. The molecule has 0 bridgehead atoms. The van der Waals surface area contributed by atoms with Crippen LogP contribution in [0.15, 0.2) is 60.7 Å². The molecule has 1 amide bonds. The lowest BCUT2D eigenvalue weighted by molar-refractivity contribution is -0.137. The zero-order valence-corrected chi connectivity index (χ0v) is 19.5. The highest BCUT2D eigenvalue weighted by atomic mass is 19.4. The Bertz CT molecular complexity index is 1530. The van der Waals surface area contributed by atoms with E-state index in [9.17, 15) is 18.0 Å². The molecule has 2 heterocycles. The van der Waals surface area contributed by atoms with Gasteiger partial charge in [0, 0.05) is 41.2 Å². The van der Waals surface area contributed by atoms with E-state index in [1.807, 2.05) is 18.2 Å². The van der Waals surface area contributed by atoms with Gasteiger partial charge in [-0.15, -0.1) is 0 Å². The summed E-state index contributed by atoms with van der Waals surface area (Å²) >= 11 is 0. The van der Waals surface area contributed by atoms with Crippen LogP contribution < -0.4 is 16.0 Å². The number of amides is 1. The van der Waals surface area contributed by atoms with Crippen molar-refractivity contribution in [2.75, 3.05) is 42.3 Å². The molecule has 188 valence electrons. The van der Waals surface area contributed by atoms with Gasteiger partial charge in [0.2, 0.25) is 0 Å². The Labute approximate surface area is 210 Å². The number of morpholine rings is 1. The second-order valence-corrected chi connectivity index (χ2v) is 8.45. The summed E-state index contributed by atoms with van der Waals surface area (Å²) in [4.78, 5) is 14.5. The van der Waals surface area contributed by atoms with Crippen molar-refractivity contribution in [3.8, 4) is 11.8 Å². The Morgan fingerprint density at radius 2 is 1.84 bits per heavy atom. The average Bonchev–Trinajstić information content (AvgIpc) is 3.28. The van der Waals surface area contributed by atoms with Crippen molar-refractivity contribution in [2.24, 2.45) is 0 Å². The Hall–Kier alpha value is -4.49. The minimum Gasteiger partial charge on any atom is -0.382 e. The van der Waals surface area contributed by atoms with Crippen LogP contribution in [0.1, 0.15) is 27.0 Å². The molecular weight excluding hydrogens is 483 g/mol. The molecule has 1 aliphatic heterocycles. The molecule has 10 heteroatoms. The van der Waals surface area contributed by atoms with E-state index in [4.69, 9.17) is 10.5 Å². The number of anilines is 3. The first-order chi connectivity index (χ1) is 17.8. The van der Waals surface area contributed by atoms with Gasteiger partial charge < -0.3 is 20.7 Å². The highest BCUT2D eigenvalue weighted by molar-refractivity contribution is 6.04. The van der Waals surface area contributed by atoms with E-state index in [0.717, 1.165) is 17.0 Å². The van der Waals surface area contributed by atoms with Crippen molar-refractivity contribution >= 4 is 34.0 Å². The molecule has 0 atom stereocenters. The molecule has 0 unspecified atom stereocenters. The summed E-state index contributed by atoms with van der Waals surface area (Å²) in [6.45, 7) is 1.40. The van der Waals surface area contributed by atoms with E-state index in [-0.39, 0.29) is 11.3 Å². The van der Waals surface area contributed by atoms with E-state index < -0.39 is 17.6 Å². The number of H-pyrrole nitrogens is 1. The summed E-state index contributed by atoms with van der Waals surface area (Å²) in [5, 5.41) is 10.2. The lowest BCUT2D eigenvalue weighted by Crippen LogP contribution is -2.37. The minimum atomic E-state index is -4.61. The Kier molecular flexibility index (Phi) is 6.46. The first kappa shape index (κ1) is 24.2. The number of carbonyl (C=O) groups is 1. The van der Waals surface area contributed by atoms with Crippen LogP contribution in [0.25, 0.3) is 10.9 Å². The van der Waals surface area contributed by atoms with Gasteiger partial charge in [-0.2, -0.15) is 18.3 Å². The molecule has 0 radical (unpaired) electrons. The van der Waals surface area contributed by atoms with Crippen molar-refractivity contribution < 1.29 is 22.7 Å². The number of rotatable bonds is 3. The number of nitrogens with one attached hydrogen (secondary N) is 2. The van der Waals surface area contributed by atoms with Gasteiger partial charge in [-0.3, -0.25) is 9.89 Å². The minimum absolute atomic E-state index is 0.0397. The van der Waals surface area contributed by atoms with Crippen LogP contribution in [-0.4, -0.2) is 42.4 Å². The predicted octanol–water partition coefficient (Wildman–Crippen LogP) is 4.65. The molecule has 1 aliphatic rings. The first-order valence-corrected chi connectivity index (χ1v) is 11.5. The number of hydrogen-bond donors (Lipinski definition) is 3. The highest BCUT2D eigenvalue weighted by Gasteiger charge is 2.36. The maximum atomic E-state index is 13.8. The van der Waals surface area contributed by atoms with Gasteiger partial charge in [-0.25, -0.2) is 0 Å². The maximum absolute atomic E-state index is 13.8. The molecule has 7 nitrogen and oxygen atoms in total. The van der Waals surface area contributed by atoms with Crippen LogP contribution in [-0.2, 0) is 10.9 Å². The molecule has 4 N–H and O–H groups in total. The highest BCUT2D eigenvalue weighted by Crippen LogP contribution is 2.37. The number of aromatic nitrogens is 2. The van der Waals surface area contributed by atoms with E-state index >= 15 is 0 Å². The number of nitrogens with zero attached hydrogens (tertiary/aromatic N) is 2. The van der Waals surface area contributed by atoms with E-state index in [2.05, 4.69) is 27.4 Å². The van der Waals surface area contributed by atoms with Gasteiger partial charge in [0.1, 0.15) is 0 Å². The number of carbonyl (C=O) groups excluding carboxylic acids is 1. The van der Waals surface area contributed by atoms with Gasteiger partial charge in [0.25, 0.3) is 5.91 Å². The monoisotopic (exact) mass is 505 g/mol. The number of nitrogens with two attached hydrogens (primary N) is 1. The van der Waals surface area contributed by atoms with Crippen LogP contribution in [0, 0.1) is 11.8 Å². The number of alkyl halides is 3. The van der Waals surface area contributed by atoms with Crippen LogP contribution in [0.2, 0.25) is 0 Å². The van der Waals surface area contributed by atoms with E-state index in [1.54, 1.807) is 29.2 Å². The van der Waals surface area contributed by atoms with Gasteiger partial charge in [-0.05, 0) is 48.5 Å². The Morgan fingerprint density at radius 1 is 1.05 bits per heavy atom. The lowest BCUT2D eigenvalue weighted by Gasteiger charge is -2.31. The van der Waals surface area contributed by atoms with Crippen molar-refractivity contribution in [2.45, 2.75) is 6.18 Å². The Balaban J connectivity index is 1.38. The van der Waals surface area contributed by atoms with Crippen molar-refractivity contribution in [3.63, 3.8) is 0 Å². The smallest absolute Gasteiger partial charge is 0.382 e. The molecule has 5 rings (SSSR count). The summed E-state index contributed by atoms with van der Waals surface area (Å²) in [5.41, 5.74) is 7.50. The van der Waals surface area contributed by atoms with Gasteiger partial charge in [0.15, 0.2) is 5.82 Å². The molecule has 0 spiro atoms. The van der Waals surface area contributed by atoms with Gasteiger partial charge >= 0.3 is 6.18 Å². The third-order valence-corrected chi connectivity index (χ3v) is 6.00. The normalized spacial score (nSPS) is 13.8. The average molecular weight is 506 g/mol. The molecule has 1 fully saturated rings. The number of benzene rings is 3. The van der Waals surface area contributed by atoms with Crippen molar-refractivity contribution in [3.05, 3.63) is 82.9 Å². The standard InChI is InChI=1S/C27H22F3N5O2/c28-27(29,30)21-16-19(9-10-23(21)35-11-13-37-14-12-35)26(36)32-20-5-1-3-17(15-20)7-8-18-4-2-6-22-24(18)25(31)34-33-22/h1-6,9-10,15-16H,11-14H2,(H,32,36)(H3,31,33,34). The molecule has 0 aliphatic carbocycles. The number of nitrogen functional groups attached to an aromatic ring is 1. The first-order valence-electron chi connectivity index (χ1n) is 11.5. The SMILES string of the molecule is Nc1n[nH]c2cccc(C#Cc3cccc(NC(=O)c4ccc(N5CCOCC5)c(C(F)(F)F)c4)c3)c12. The second-order valence-electron chi connectivity index (χ2n) is 8.45. The Morgan fingerprint density at radius 3 is 2.62 bits per heavy atom.